The van der Waals surface area contributed by atoms with Gasteiger partial charge in [0.25, 0.3) is 0 Å². The van der Waals surface area contributed by atoms with Gasteiger partial charge in [0, 0.05) is 26.6 Å². The van der Waals surface area contributed by atoms with Crippen LogP contribution in [0.15, 0.2) is 24.3 Å². The van der Waals surface area contributed by atoms with Crippen molar-refractivity contribution < 1.29 is 14.3 Å². The van der Waals surface area contributed by atoms with Gasteiger partial charge in [0.2, 0.25) is 5.91 Å². The monoisotopic (exact) mass is 266 g/mol. The Labute approximate surface area is 114 Å². The second-order valence-electron chi connectivity index (χ2n) is 3.90. The normalized spacial score (nSPS) is 10.0. The van der Waals surface area contributed by atoms with E-state index >= 15 is 0 Å². The molecule has 0 heterocycles. The van der Waals surface area contributed by atoms with E-state index in [1.54, 1.807) is 7.05 Å². The highest BCUT2D eigenvalue weighted by Gasteiger charge is 2.02. The Morgan fingerprint density at radius 2 is 1.84 bits per heavy atom. The summed E-state index contributed by atoms with van der Waals surface area (Å²) in [5.74, 6) is 1.54. The van der Waals surface area contributed by atoms with Gasteiger partial charge in [-0.1, -0.05) is 12.1 Å². The average molecular weight is 266 g/mol. The van der Waals surface area contributed by atoms with E-state index in [1.165, 1.54) is 0 Å². The SMILES string of the molecule is CCOc1ccccc1OCCNCCC(=O)NC. The van der Waals surface area contributed by atoms with E-state index in [2.05, 4.69) is 10.6 Å². The number of amides is 1. The Morgan fingerprint density at radius 3 is 2.47 bits per heavy atom. The number of carbonyl (C=O) groups is 1. The van der Waals surface area contributed by atoms with Crippen molar-refractivity contribution in [2.45, 2.75) is 13.3 Å². The third kappa shape index (κ3) is 6.10. The number of hydrogen-bond donors (Lipinski definition) is 2. The molecule has 1 aromatic carbocycles. The summed E-state index contributed by atoms with van der Waals surface area (Å²) in [6.07, 6.45) is 0.478. The molecule has 0 aliphatic rings. The second kappa shape index (κ2) is 9.22. The minimum Gasteiger partial charge on any atom is -0.490 e. The highest BCUT2D eigenvalue weighted by atomic mass is 16.5. The highest BCUT2D eigenvalue weighted by Crippen LogP contribution is 2.25. The van der Waals surface area contributed by atoms with Gasteiger partial charge in [-0.2, -0.15) is 0 Å². The zero-order valence-electron chi connectivity index (χ0n) is 11.6. The molecule has 106 valence electrons. The molecule has 0 saturated heterocycles. The first-order valence-corrected chi connectivity index (χ1v) is 6.53. The zero-order valence-corrected chi connectivity index (χ0v) is 11.6. The molecular formula is C14H22N2O3. The Kier molecular flexibility index (Phi) is 7.43. The molecule has 0 atom stereocenters. The fourth-order valence-electron chi connectivity index (χ4n) is 1.53. The first-order chi connectivity index (χ1) is 9.27. The van der Waals surface area contributed by atoms with Gasteiger partial charge in [-0.3, -0.25) is 4.79 Å². The summed E-state index contributed by atoms with van der Waals surface area (Å²) in [6.45, 7) is 4.44. The number of ether oxygens (including phenoxy) is 2. The Hall–Kier alpha value is -1.75. The van der Waals surface area contributed by atoms with Crippen molar-refractivity contribution in [1.29, 1.82) is 0 Å². The maximum atomic E-state index is 11.0. The van der Waals surface area contributed by atoms with Crippen LogP contribution >= 0.6 is 0 Å². The first-order valence-electron chi connectivity index (χ1n) is 6.53. The van der Waals surface area contributed by atoms with Crippen molar-refractivity contribution in [2.75, 3.05) is 33.4 Å². The number of benzene rings is 1. The summed E-state index contributed by atoms with van der Waals surface area (Å²) < 4.78 is 11.1. The molecular weight excluding hydrogens is 244 g/mol. The predicted molar refractivity (Wildman–Crippen MR) is 74.7 cm³/mol. The van der Waals surface area contributed by atoms with Gasteiger partial charge in [-0.15, -0.1) is 0 Å². The molecule has 0 aliphatic carbocycles. The van der Waals surface area contributed by atoms with Crippen LogP contribution < -0.4 is 20.1 Å². The number of nitrogens with one attached hydrogen (secondary N) is 2. The number of hydrogen-bond acceptors (Lipinski definition) is 4. The first kappa shape index (κ1) is 15.3. The lowest BCUT2D eigenvalue weighted by atomic mass is 10.3. The van der Waals surface area contributed by atoms with Gasteiger partial charge in [0.05, 0.1) is 6.61 Å². The van der Waals surface area contributed by atoms with Crippen molar-refractivity contribution in [3.63, 3.8) is 0 Å². The van der Waals surface area contributed by atoms with Crippen LogP contribution in [0.2, 0.25) is 0 Å². The number of rotatable bonds is 9. The predicted octanol–water partition coefficient (Wildman–Crippen LogP) is 1.19. The molecule has 0 radical (unpaired) electrons. The molecule has 0 bridgehead atoms. The average Bonchev–Trinajstić information content (AvgIpc) is 2.44. The Morgan fingerprint density at radius 1 is 1.16 bits per heavy atom. The van der Waals surface area contributed by atoms with Crippen LogP contribution in [0.25, 0.3) is 0 Å². The van der Waals surface area contributed by atoms with Crippen LogP contribution in [0.3, 0.4) is 0 Å². The lowest BCUT2D eigenvalue weighted by molar-refractivity contribution is -0.120. The fraction of sp³-hybridized carbons (Fsp3) is 0.500. The van der Waals surface area contributed by atoms with E-state index in [0.717, 1.165) is 11.5 Å². The molecule has 1 rings (SSSR count). The van der Waals surface area contributed by atoms with Crippen molar-refractivity contribution in [3.05, 3.63) is 24.3 Å². The smallest absolute Gasteiger partial charge is 0.221 e. The lowest BCUT2D eigenvalue weighted by Gasteiger charge is -2.11. The van der Waals surface area contributed by atoms with Gasteiger partial charge in [0.15, 0.2) is 11.5 Å². The number of carbonyl (C=O) groups excluding carboxylic acids is 1. The van der Waals surface area contributed by atoms with E-state index in [-0.39, 0.29) is 5.91 Å². The summed E-state index contributed by atoms with van der Waals surface area (Å²) in [4.78, 5) is 11.0. The van der Waals surface area contributed by atoms with Crippen LogP contribution in [0, 0.1) is 0 Å². The van der Waals surface area contributed by atoms with Crippen LogP contribution in [0.4, 0.5) is 0 Å². The van der Waals surface area contributed by atoms with Crippen molar-refractivity contribution in [1.82, 2.24) is 10.6 Å². The van der Waals surface area contributed by atoms with E-state index < -0.39 is 0 Å². The zero-order chi connectivity index (χ0) is 13.9. The van der Waals surface area contributed by atoms with E-state index in [1.807, 2.05) is 31.2 Å². The third-order valence-corrected chi connectivity index (χ3v) is 2.49. The lowest BCUT2D eigenvalue weighted by Crippen LogP contribution is -2.27. The summed E-state index contributed by atoms with van der Waals surface area (Å²) in [5.41, 5.74) is 0. The molecule has 0 spiro atoms. The second-order valence-corrected chi connectivity index (χ2v) is 3.90. The van der Waals surface area contributed by atoms with Gasteiger partial charge in [0.1, 0.15) is 6.61 Å². The van der Waals surface area contributed by atoms with Crippen molar-refractivity contribution in [3.8, 4) is 11.5 Å². The molecule has 0 aliphatic heterocycles. The molecule has 0 fully saturated rings. The Balaban J connectivity index is 2.20. The standard InChI is InChI=1S/C14H22N2O3/c1-3-18-12-6-4-5-7-13(12)19-11-10-16-9-8-14(17)15-2/h4-7,16H,3,8-11H2,1-2H3,(H,15,17). The molecule has 0 aromatic heterocycles. The van der Waals surface area contributed by atoms with Gasteiger partial charge >= 0.3 is 0 Å². The summed E-state index contributed by atoms with van der Waals surface area (Å²) >= 11 is 0. The van der Waals surface area contributed by atoms with Gasteiger partial charge in [-0.25, -0.2) is 0 Å². The van der Waals surface area contributed by atoms with E-state index in [9.17, 15) is 4.79 Å². The molecule has 19 heavy (non-hydrogen) atoms. The molecule has 0 unspecified atom stereocenters. The third-order valence-electron chi connectivity index (χ3n) is 2.49. The summed E-state index contributed by atoms with van der Waals surface area (Å²) in [5, 5.41) is 5.72. The minimum atomic E-state index is 0.0371. The van der Waals surface area contributed by atoms with Gasteiger partial charge in [-0.05, 0) is 19.1 Å². The summed E-state index contributed by atoms with van der Waals surface area (Å²) in [7, 11) is 1.64. The molecule has 2 N–H and O–H groups in total. The van der Waals surface area contributed by atoms with Crippen LogP contribution in [-0.2, 0) is 4.79 Å². The van der Waals surface area contributed by atoms with Crippen molar-refractivity contribution in [2.24, 2.45) is 0 Å². The molecule has 1 aromatic rings. The van der Waals surface area contributed by atoms with Gasteiger partial charge < -0.3 is 20.1 Å². The van der Waals surface area contributed by atoms with Crippen LogP contribution in [0.5, 0.6) is 11.5 Å². The topological polar surface area (TPSA) is 59.6 Å². The minimum absolute atomic E-state index is 0.0371. The fourth-order valence-corrected chi connectivity index (χ4v) is 1.53. The maximum absolute atomic E-state index is 11.0. The maximum Gasteiger partial charge on any atom is 0.221 e. The van der Waals surface area contributed by atoms with E-state index in [4.69, 9.17) is 9.47 Å². The molecule has 0 saturated carbocycles. The highest BCUT2D eigenvalue weighted by molar-refractivity contribution is 5.75. The quantitative estimate of drug-likeness (QED) is 0.659. The molecule has 5 nitrogen and oxygen atoms in total. The molecule has 5 heteroatoms. The van der Waals surface area contributed by atoms with Crippen LogP contribution in [-0.4, -0.2) is 39.3 Å². The molecule has 1 amide bonds. The number of para-hydroxylation sites is 2. The van der Waals surface area contributed by atoms with Crippen LogP contribution in [0.1, 0.15) is 13.3 Å². The van der Waals surface area contributed by atoms with Crippen molar-refractivity contribution >= 4 is 5.91 Å². The van der Waals surface area contributed by atoms with E-state index in [0.29, 0.717) is 32.7 Å². The largest absolute Gasteiger partial charge is 0.490 e. The summed E-state index contributed by atoms with van der Waals surface area (Å²) in [6, 6.07) is 7.60. The Bertz CT molecular complexity index is 383.